The summed E-state index contributed by atoms with van der Waals surface area (Å²) >= 11 is 0. The molecule has 1 heterocycles. The van der Waals surface area contributed by atoms with E-state index in [1.165, 1.54) is 70.8 Å². The molecular formula is C60H40N2. The fourth-order valence-electron chi connectivity index (χ4n) is 9.61. The Morgan fingerprint density at radius 3 is 1.63 bits per heavy atom. The second-order valence-electron chi connectivity index (χ2n) is 16.1. The van der Waals surface area contributed by atoms with Crippen LogP contribution in [0.3, 0.4) is 0 Å². The van der Waals surface area contributed by atoms with Gasteiger partial charge in [0.1, 0.15) is 0 Å². The molecular weight excluding hydrogens is 749 g/mol. The number of benzene rings is 11. The minimum absolute atomic E-state index is 1.07. The largest absolute Gasteiger partial charge is 0.310 e. The Balaban J connectivity index is 1.10. The number of rotatable bonds is 7. The number of aromatic nitrogens is 1. The van der Waals surface area contributed by atoms with Crippen molar-refractivity contribution in [1.29, 1.82) is 0 Å². The average Bonchev–Trinajstić information content (AvgIpc) is 3.69. The highest BCUT2D eigenvalue weighted by Gasteiger charge is 2.21. The highest BCUT2D eigenvalue weighted by molar-refractivity contribution is 6.14. The summed E-state index contributed by atoms with van der Waals surface area (Å²) in [6, 6.07) is 88.7. The Kier molecular flexibility index (Phi) is 8.53. The summed E-state index contributed by atoms with van der Waals surface area (Å²) in [5, 5.41) is 9.97. The number of fused-ring (bicyclic) bond motifs is 7. The molecule has 1 aromatic heterocycles. The van der Waals surface area contributed by atoms with Gasteiger partial charge in [0.25, 0.3) is 0 Å². The Bertz CT molecular complexity index is 3580. The Hall–Kier alpha value is -8.20. The van der Waals surface area contributed by atoms with Crippen LogP contribution in [-0.2, 0) is 0 Å². The summed E-state index contributed by atoms with van der Waals surface area (Å²) in [6.45, 7) is 0. The summed E-state index contributed by atoms with van der Waals surface area (Å²) in [5.74, 6) is 0. The molecule has 0 fully saturated rings. The van der Waals surface area contributed by atoms with Gasteiger partial charge >= 0.3 is 0 Å². The zero-order valence-electron chi connectivity index (χ0n) is 34.0. The molecule has 0 saturated carbocycles. The molecule has 2 heteroatoms. The molecule has 11 aromatic carbocycles. The van der Waals surface area contributed by atoms with Crippen LogP contribution in [-0.4, -0.2) is 4.57 Å². The minimum atomic E-state index is 1.07. The lowest BCUT2D eigenvalue weighted by molar-refractivity contribution is 1.17. The smallest absolute Gasteiger partial charge is 0.0546 e. The van der Waals surface area contributed by atoms with Gasteiger partial charge in [-0.2, -0.15) is 0 Å². The summed E-state index contributed by atoms with van der Waals surface area (Å²) in [4.78, 5) is 2.45. The molecule has 12 rings (SSSR count). The molecule has 12 aromatic rings. The molecule has 0 atom stereocenters. The molecule has 0 spiro atoms. The van der Waals surface area contributed by atoms with Gasteiger partial charge in [-0.15, -0.1) is 0 Å². The summed E-state index contributed by atoms with van der Waals surface area (Å²) < 4.78 is 2.41. The SMILES string of the molecule is c1ccc(-c2ccc(-c3cc4ccccc4c4ccccc34)cc2N(c2ccc(-c3ccc4ccccc4c3)cc2)c2cccc(-n3c4ccccc4c4ccccc43)c2)cc1. The van der Waals surface area contributed by atoms with Gasteiger partial charge < -0.3 is 9.47 Å². The number of anilines is 3. The molecule has 2 nitrogen and oxygen atoms in total. The van der Waals surface area contributed by atoms with E-state index in [1.54, 1.807) is 0 Å². The molecule has 0 aliphatic carbocycles. The highest BCUT2D eigenvalue weighted by Crippen LogP contribution is 2.46. The van der Waals surface area contributed by atoms with E-state index in [0.29, 0.717) is 0 Å². The van der Waals surface area contributed by atoms with E-state index < -0.39 is 0 Å². The number of para-hydroxylation sites is 2. The van der Waals surface area contributed by atoms with Crippen molar-refractivity contribution in [3.8, 4) is 39.1 Å². The third-order valence-electron chi connectivity index (χ3n) is 12.5. The molecule has 0 N–H and O–H groups in total. The van der Waals surface area contributed by atoms with Gasteiger partial charge in [0.15, 0.2) is 0 Å². The molecule has 0 saturated heterocycles. The predicted octanol–water partition coefficient (Wildman–Crippen LogP) is 16.7. The Labute approximate surface area is 360 Å². The predicted molar refractivity (Wildman–Crippen MR) is 264 cm³/mol. The topological polar surface area (TPSA) is 8.17 Å². The number of nitrogens with zero attached hydrogens (tertiary/aromatic N) is 2. The van der Waals surface area contributed by atoms with Crippen molar-refractivity contribution in [1.82, 2.24) is 4.57 Å². The lowest BCUT2D eigenvalue weighted by Gasteiger charge is -2.29. The van der Waals surface area contributed by atoms with Crippen molar-refractivity contribution >= 4 is 71.2 Å². The summed E-state index contributed by atoms with van der Waals surface area (Å²) in [6.07, 6.45) is 0. The number of hydrogen-bond acceptors (Lipinski definition) is 1. The lowest BCUT2D eigenvalue weighted by atomic mass is 9.91. The Morgan fingerprint density at radius 2 is 0.871 bits per heavy atom. The van der Waals surface area contributed by atoms with Crippen molar-refractivity contribution in [2.24, 2.45) is 0 Å². The third kappa shape index (κ3) is 6.04. The van der Waals surface area contributed by atoms with Gasteiger partial charge in [-0.3, -0.25) is 0 Å². The van der Waals surface area contributed by atoms with Crippen LogP contribution in [0.5, 0.6) is 0 Å². The van der Waals surface area contributed by atoms with Crippen LogP contribution in [0.1, 0.15) is 0 Å². The van der Waals surface area contributed by atoms with E-state index in [4.69, 9.17) is 0 Å². The maximum absolute atomic E-state index is 2.45. The van der Waals surface area contributed by atoms with Gasteiger partial charge in [-0.25, -0.2) is 0 Å². The molecule has 0 unspecified atom stereocenters. The molecule has 0 bridgehead atoms. The summed E-state index contributed by atoms with van der Waals surface area (Å²) in [5.41, 5.74) is 13.8. The lowest BCUT2D eigenvalue weighted by Crippen LogP contribution is -2.12. The zero-order valence-corrected chi connectivity index (χ0v) is 34.0. The van der Waals surface area contributed by atoms with Crippen LogP contribution >= 0.6 is 0 Å². The first kappa shape index (κ1) is 35.7. The fourth-order valence-corrected chi connectivity index (χ4v) is 9.61. The summed E-state index contributed by atoms with van der Waals surface area (Å²) in [7, 11) is 0. The first-order chi connectivity index (χ1) is 30.7. The van der Waals surface area contributed by atoms with Crippen molar-refractivity contribution in [3.63, 3.8) is 0 Å². The van der Waals surface area contributed by atoms with E-state index in [9.17, 15) is 0 Å². The quantitative estimate of drug-likeness (QED) is 0.146. The van der Waals surface area contributed by atoms with E-state index in [1.807, 2.05) is 0 Å². The monoisotopic (exact) mass is 788 g/mol. The second-order valence-corrected chi connectivity index (χ2v) is 16.1. The maximum atomic E-state index is 2.45. The van der Waals surface area contributed by atoms with E-state index in [2.05, 4.69) is 252 Å². The maximum Gasteiger partial charge on any atom is 0.0546 e. The van der Waals surface area contributed by atoms with Gasteiger partial charge in [-0.1, -0.05) is 182 Å². The zero-order chi connectivity index (χ0) is 41.0. The molecule has 62 heavy (non-hydrogen) atoms. The van der Waals surface area contributed by atoms with E-state index in [0.717, 1.165) is 39.4 Å². The fraction of sp³-hybridized carbons (Fsp3) is 0. The molecule has 0 aliphatic heterocycles. The number of hydrogen-bond donors (Lipinski definition) is 0. The average molecular weight is 789 g/mol. The normalized spacial score (nSPS) is 11.5. The third-order valence-corrected chi connectivity index (χ3v) is 12.5. The second kappa shape index (κ2) is 14.8. The molecule has 0 radical (unpaired) electrons. The van der Waals surface area contributed by atoms with Crippen molar-refractivity contribution in [2.45, 2.75) is 0 Å². The highest BCUT2D eigenvalue weighted by atomic mass is 15.1. The van der Waals surface area contributed by atoms with Crippen LogP contribution in [0.4, 0.5) is 17.1 Å². The van der Waals surface area contributed by atoms with Crippen molar-refractivity contribution in [3.05, 3.63) is 243 Å². The minimum Gasteiger partial charge on any atom is -0.310 e. The van der Waals surface area contributed by atoms with Gasteiger partial charge in [0.05, 0.1) is 16.7 Å². The molecule has 0 amide bonds. The standard InChI is InChI=1S/C60H40N2/c1-2-16-43(17-3-1)52-36-33-47(57-38-46-19-6-7-22-51(46)53-23-8-9-24-54(53)57)39-60(52)61(48-34-31-42(32-35-48)45-30-29-41-15-4-5-18-44(41)37-45)49-20-14-21-50(40-49)62-58-27-12-10-25-55(58)56-26-11-13-28-59(56)62/h1-40H. The molecule has 290 valence electrons. The van der Waals surface area contributed by atoms with Crippen LogP contribution < -0.4 is 4.90 Å². The van der Waals surface area contributed by atoms with Crippen LogP contribution in [0, 0.1) is 0 Å². The first-order valence-corrected chi connectivity index (χ1v) is 21.3. The molecule has 0 aliphatic rings. The van der Waals surface area contributed by atoms with Crippen molar-refractivity contribution < 1.29 is 0 Å². The van der Waals surface area contributed by atoms with Crippen LogP contribution in [0.2, 0.25) is 0 Å². The van der Waals surface area contributed by atoms with Gasteiger partial charge in [-0.05, 0) is 121 Å². The first-order valence-electron chi connectivity index (χ1n) is 21.3. The van der Waals surface area contributed by atoms with Crippen LogP contribution in [0.25, 0.3) is 93.2 Å². The van der Waals surface area contributed by atoms with E-state index >= 15 is 0 Å². The van der Waals surface area contributed by atoms with Crippen LogP contribution in [0.15, 0.2) is 243 Å². The van der Waals surface area contributed by atoms with Gasteiger partial charge in [0, 0.05) is 33.4 Å². The Morgan fingerprint density at radius 1 is 0.274 bits per heavy atom. The van der Waals surface area contributed by atoms with Crippen molar-refractivity contribution in [2.75, 3.05) is 4.90 Å². The van der Waals surface area contributed by atoms with E-state index in [-0.39, 0.29) is 0 Å². The van der Waals surface area contributed by atoms with Gasteiger partial charge in [0.2, 0.25) is 0 Å².